The van der Waals surface area contributed by atoms with E-state index in [1.165, 1.54) is 47.2 Å². The second-order valence-electron chi connectivity index (χ2n) is 12.1. The average molecular weight is 616 g/mol. The molecule has 0 amide bonds. The Balaban J connectivity index is 1.35. The highest BCUT2D eigenvalue weighted by Gasteiger charge is 2.19. The van der Waals surface area contributed by atoms with E-state index in [2.05, 4.69) is 149 Å². The lowest BCUT2D eigenvalue weighted by Gasteiger charge is -2.16. The predicted octanol–water partition coefficient (Wildman–Crippen LogP) is 11.8. The molecule has 0 aliphatic heterocycles. The van der Waals surface area contributed by atoms with Gasteiger partial charge in [-0.2, -0.15) is 5.26 Å². The Bertz CT molecular complexity index is 2880. The van der Waals surface area contributed by atoms with Crippen LogP contribution in [0.15, 0.2) is 152 Å². The van der Waals surface area contributed by atoms with Crippen molar-refractivity contribution in [1.82, 2.24) is 9.13 Å². The molecule has 47 heavy (non-hydrogen) atoms. The highest BCUT2D eigenvalue weighted by Crippen LogP contribution is 2.42. The zero-order chi connectivity index (χ0) is 31.1. The summed E-state index contributed by atoms with van der Waals surface area (Å²) < 4.78 is 7.35. The molecule has 0 bridgehead atoms. The third-order valence-electron chi connectivity index (χ3n) is 9.53. The van der Waals surface area contributed by atoms with Crippen molar-refractivity contribution < 1.29 is 0 Å². The summed E-state index contributed by atoms with van der Waals surface area (Å²) in [5.74, 6) is 0. The molecule has 0 fully saturated rings. The minimum absolute atomic E-state index is 0.659. The molecule has 0 N–H and O–H groups in total. The van der Waals surface area contributed by atoms with Crippen LogP contribution in [0.25, 0.3) is 86.3 Å². The third-order valence-corrected chi connectivity index (χ3v) is 10.7. The Morgan fingerprint density at radius 2 is 0.957 bits per heavy atom. The predicted molar refractivity (Wildman–Crippen MR) is 198 cm³/mol. The molecular weight excluding hydrogens is 591 g/mol. The smallest absolute Gasteiger partial charge is 0.0998 e. The lowest BCUT2D eigenvalue weighted by atomic mass is 9.99. The molecule has 0 radical (unpaired) electrons. The maximum absolute atomic E-state index is 10.2. The number of rotatable bonds is 3. The molecule has 0 atom stereocenters. The largest absolute Gasteiger partial charge is 0.309 e. The van der Waals surface area contributed by atoms with Crippen molar-refractivity contribution in [1.29, 1.82) is 5.26 Å². The Morgan fingerprint density at radius 1 is 0.426 bits per heavy atom. The maximum atomic E-state index is 10.2. The van der Waals surface area contributed by atoms with E-state index in [1.54, 1.807) is 0 Å². The molecule has 3 heterocycles. The van der Waals surface area contributed by atoms with E-state index in [0.29, 0.717) is 5.56 Å². The number of aromatic nitrogens is 2. The zero-order valence-electron chi connectivity index (χ0n) is 25.2. The quantitative estimate of drug-likeness (QED) is 0.195. The van der Waals surface area contributed by atoms with Gasteiger partial charge >= 0.3 is 0 Å². The fourth-order valence-electron chi connectivity index (χ4n) is 7.51. The standard InChI is InChI=1S/C43H25N3S/c44-26-27-11-1-2-12-31(27)28-21-29(45-38-17-7-3-13-32(38)33-14-4-8-18-39(33)45)23-30(22-28)46-40-19-9-5-15-34(40)36-24-37-35-16-6-10-20-42(35)47-43(37)25-41(36)46/h1-25H. The van der Waals surface area contributed by atoms with Crippen LogP contribution >= 0.6 is 11.3 Å². The molecule has 3 aromatic heterocycles. The second kappa shape index (κ2) is 9.92. The molecular formula is C43H25N3S. The first-order valence-electron chi connectivity index (χ1n) is 15.7. The summed E-state index contributed by atoms with van der Waals surface area (Å²) >= 11 is 1.85. The van der Waals surface area contributed by atoms with Crippen LogP contribution in [-0.4, -0.2) is 9.13 Å². The SMILES string of the molecule is N#Cc1ccccc1-c1cc(-n2c3ccccc3c3ccccc32)cc(-n2c3ccccc3c3cc4c(cc32)sc2ccccc24)c1. The van der Waals surface area contributed by atoms with Gasteiger partial charge in [0.1, 0.15) is 0 Å². The minimum Gasteiger partial charge on any atom is -0.309 e. The summed E-state index contributed by atoms with van der Waals surface area (Å²) in [5.41, 5.74) is 9.32. The normalized spacial score (nSPS) is 11.8. The van der Waals surface area contributed by atoms with Gasteiger partial charge in [0.25, 0.3) is 0 Å². The van der Waals surface area contributed by atoms with Crippen LogP contribution in [0.3, 0.4) is 0 Å². The van der Waals surface area contributed by atoms with Gasteiger partial charge < -0.3 is 9.13 Å². The topological polar surface area (TPSA) is 33.6 Å². The molecule has 10 aromatic rings. The van der Waals surface area contributed by atoms with Gasteiger partial charge in [0.2, 0.25) is 0 Å². The Hall–Kier alpha value is -6.15. The zero-order valence-corrected chi connectivity index (χ0v) is 26.0. The van der Waals surface area contributed by atoms with Crippen LogP contribution in [0, 0.1) is 11.3 Å². The number of benzene rings is 7. The van der Waals surface area contributed by atoms with Gasteiger partial charge in [0.15, 0.2) is 0 Å². The molecule has 0 aliphatic rings. The number of nitriles is 1. The van der Waals surface area contributed by atoms with E-state index in [1.807, 2.05) is 29.5 Å². The molecule has 0 aliphatic carbocycles. The summed E-state index contributed by atoms with van der Waals surface area (Å²) in [6.45, 7) is 0. The fourth-order valence-corrected chi connectivity index (χ4v) is 8.63. The third kappa shape index (κ3) is 3.78. The van der Waals surface area contributed by atoms with Gasteiger partial charge in [-0.25, -0.2) is 0 Å². The monoisotopic (exact) mass is 615 g/mol. The highest BCUT2D eigenvalue weighted by atomic mass is 32.1. The molecule has 0 saturated carbocycles. The molecule has 0 spiro atoms. The summed E-state index contributed by atoms with van der Waals surface area (Å²) in [4.78, 5) is 0. The van der Waals surface area contributed by atoms with Crippen molar-refractivity contribution in [3.8, 4) is 28.6 Å². The molecule has 3 nitrogen and oxygen atoms in total. The van der Waals surface area contributed by atoms with Crippen LogP contribution in [0.5, 0.6) is 0 Å². The molecule has 0 unspecified atom stereocenters. The highest BCUT2D eigenvalue weighted by molar-refractivity contribution is 7.25. The van der Waals surface area contributed by atoms with Crippen LogP contribution in [-0.2, 0) is 0 Å². The van der Waals surface area contributed by atoms with Gasteiger partial charge in [-0.1, -0.05) is 91.0 Å². The average Bonchev–Trinajstić information content (AvgIpc) is 3.77. The molecule has 10 rings (SSSR count). The fraction of sp³-hybridized carbons (Fsp3) is 0. The van der Waals surface area contributed by atoms with E-state index in [4.69, 9.17) is 0 Å². The minimum atomic E-state index is 0.659. The van der Waals surface area contributed by atoms with Crippen molar-refractivity contribution >= 4 is 75.1 Å². The van der Waals surface area contributed by atoms with E-state index >= 15 is 0 Å². The van der Waals surface area contributed by atoms with Gasteiger partial charge in [0.05, 0.1) is 33.7 Å². The number of hydrogen-bond donors (Lipinski definition) is 0. The molecule has 4 heteroatoms. The van der Waals surface area contributed by atoms with Gasteiger partial charge in [-0.15, -0.1) is 11.3 Å². The van der Waals surface area contributed by atoms with Gasteiger partial charge in [-0.05, 0) is 71.8 Å². The summed E-state index contributed by atoms with van der Waals surface area (Å²) in [6, 6.07) is 56.5. The number of fused-ring (bicyclic) bond motifs is 9. The first-order valence-corrected chi connectivity index (χ1v) is 16.6. The van der Waals surface area contributed by atoms with Crippen LogP contribution in [0.2, 0.25) is 0 Å². The van der Waals surface area contributed by atoms with Crippen LogP contribution in [0.1, 0.15) is 5.56 Å². The summed E-state index contributed by atoms with van der Waals surface area (Å²) in [7, 11) is 0. The van der Waals surface area contributed by atoms with Crippen LogP contribution in [0.4, 0.5) is 0 Å². The lowest BCUT2D eigenvalue weighted by molar-refractivity contribution is 1.14. The molecule has 7 aromatic carbocycles. The van der Waals surface area contributed by atoms with Crippen molar-refractivity contribution in [2.24, 2.45) is 0 Å². The first kappa shape index (κ1) is 26.1. The maximum Gasteiger partial charge on any atom is 0.0998 e. The summed E-state index contributed by atoms with van der Waals surface area (Å²) in [5, 5.41) is 17.6. The number of hydrogen-bond acceptors (Lipinski definition) is 2. The number of thiophene rings is 1. The second-order valence-corrected chi connectivity index (χ2v) is 13.2. The lowest BCUT2D eigenvalue weighted by Crippen LogP contribution is -2.00. The van der Waals surface area contributed by atoms with Crippen molar-refractivity contribution in [2.75, 3.05) is 0 Å². The first-order chi connectivity index (χ1) is 23.3. The number of para-hydroxylation sites is 3. The van der Waals surface area contributed by atoms with Gasteiger partial charge in [0, 0.05) is 53.1 Å². The van der Waals surface area contributed by atoms with Crippen molar-refractivity contribution in [3.63, 3.8) is 0 Å². The Morgan fingerprint density at radius 3 is 1.62 bits per heavy atom. The van der Waals surface area contributed by atoms with Gasteiger partial charge in [-0.3, -0.25) is 0 Å². The van der Waals surface area contributed by atoms with E-state index < -0.39 is 0 Å². The Labute approximate surface area is 274 Å². The van der Waals surface area contributed by atoms with E-state index in [0.717, 1.165) is 39.1 Å². The molecule has 0 saturated heterocycles. The van der Waals surface area contributed by atoms with Crippen LogP contribution < -0.4 is 0 Å². The van der Waals surface area contributed by atoms with E-state index in [9.17, 15) is 5.26 Å². The Kier molecular flexibility index (Phi) is 5.51. The van der Waals surface area contributed by atoms with Crippen molar-refractivity contribution in [2.45, 2.75) is 0 Å². The van der Waals surface area contributed by atoms with Crippen molar-refractivity contribution in [3.05, 3.63) is 157 Å². The van der Waals surface area contributed by atoms with E-state index in [-0.39, 0.29) is 0 Å². The summed E-state index contributed by atoms with van der Waals surface area (Å²) in [6.07, 6.45) is 0. The number of nitrogens with zero attached hydrogens (tertiary/aromatic N) is 3. The molecule has 218 valence electrons.